The van der Waals surface area contributed by atoms with E-state index in [0.717, 1.165) is 30.5 Å². The van der Waals surface area contributed by atoms with Crippen molar-refractivity contribution in [3.8, 4) is 11.6 Å². The maximum absolute atomic E-state index is 11.7. The van der Waals surface area contributed by atoms with Crippen LogP contribution in [0.3, 0.4) is 0 Å². The summed E-state index contributed by atoms with van der Waals surface area (Å²) < 4.78 is 6.36. The van der Waals surface area contributed by atoms with E-state index >= 15 is 0 Å². The lowest BCUT2D eigenvalue weighted by Crippen LogP contribution is -2.36. The molecular weight excluding hydrogens is 216 g/mol. The van der Waals surface area contributed by atoms with E-state index in [1.807, 2.05) is 30.3 Å². The molecule has 0 saturated heterocycles. The van der Waals surface area contributed by atoms with Crippen molar-refractivity contribution in [1.29, 1.82) is 0 Å². The van der Waals surface area contributed by atoms with Crippen molar-refractivity contribution in [3.63, 3.8) is 0 Å². The minimum Gasteiger partial charge on any atom is -0.539 e. The molecule has 2 aromatic rings. The van der Waals surface area contributed by atoms with Crippen molar-refractivity contribution >= 4 is 5.57 Å². The first-order chi connectivity index (χ1) is 8.36. The monoisotopic (exact) mass is 228 g/mol. The standard InChI is InChI=1S/C13H12N2O2/c16-13-12(10-6-4-5-7-10)15(14-17-13)11-8-2-1-3-9-11/h1-3,6,8-9H,4-5,7H2. The highest BCUT2D eigenvalue weighted by Gasteiger charge is 2.25. The molecule has 0 unspecified atom stereocenters. The summed E-state index contributed by atoms with van der Waals surface area (Å²) in [5, 5.41) is 15.5. The van der Waals surface area contributed by atoms with E-state index in [-0.39, 0.29) is 5.95 Å². The predicted octanol–water partition coefficient (Wildman–Crippen LogP) is 1.59. The number of allylic oxidation sites excluding steroid dienone is 2. The topological polar surface area (TPSA) is 53.0 Å². The van der Waals surface area contributed by atoms with Gasteiger partial charge in [0.05, 0.1) is 5.27 Å². The van der Waals surface area contributed by atoms with Crippen LogP contribution in [-0.2, 0) is 0 Å². The molecule has 0 N–H and O–H groups in total. The molecule has 0 spiro atoms. The highest BCUT2D eigenvalue weighted by Crippen LogP contribution is 2.29. The van der Waals surface area contributed by atoms with Gasteiger partial charge in [-0.15, -0.1) is 0 Å². The molecule has 0 aliphatic heterocycles. The van der Waals surface area contributed by atoms with Crippen LogP contribution in [0.1, 0.15) is 25.0 Å². The molecule has 4 nitrogen and oxygen atoms in total. The molecule has 3 rings (SSSR count). The summed E-state index contributed by atoms with van der Waals surface area (Å²) in [7, 11) is 0. The summed E-state index contributed by atoms with van der Waals surface area (Å²) in [4.78, 5) is 0. The Morgan fingerprint density at radius 1 is 1.24 bits per heavy atom. The van der Waals surface area contributed by atoms with E-state index in [2.05, 4.69) is 11.3 Å². The van der Waals surface area contributed by atoms with Crippen LogP contribution in [0, 0.1) is 0 Å². The van der Waals surface area contributed by atoms with Crippen molar-refractivity contribution in [2.24, 2.45) is 0 Å². The number of nitrogens with zero attached hydrogens (tertiary/aromatic N) is 2. The molecule has 1 aliphatic rings. The normalized spacial score (nSPS) is 14.9. The molecule has 0 radical (unpaired) electrons. The first kappa shape index (κ1) is 10.1. The van der Waals surface area contributed by atoms with Gasteiger partial charge in [-0.3, -0.25) is 0 Å². The van der Waals surface area contributed by atoms with Crippen molar-refractivity contribution in [2.45, 2.75) is 19.3 Å². The maximum atomic E-state index is 11.7. The lowest BCUT2D eigenvalue weighted by atomic mass is 10.1. The van der Waals surface area contributed by atoms with Gasteiger partial charge in [0, 0.05) is 17.7 Å². The molecule has 4 heteroatoms. The van der Waals surface area contributed by atoms with E-state index in [1.54, 1.807) is 4.68 Å². The Labute approximate surface area is 98.8 Å². The zero-order valence-electron chi connectivity index (χ0n) is 9.30. The van der Waals surface area contributed by atoms with Gasteiger partial charge < -0.3 is 9.63 Å². The third-order valence-electron chi connectivity index (χ3n) is 2.96. The quantitative estimate of drug-likeness (QED) is 0.733. The predicted molar refractivity (Wildman–Crippen MR) is 59.3 cm³/mol. The summed E-state index contributed by atoms with van der Waals surface area (Å²) in [6, 6.07) is 9.56. The van der Waals surface area contributed by atoms with Gasteiger partial charge in [-0.2, -0.15) is 0 Å². The molecule has 1 aliphatic carbocycles. The molecule has 0 bridgehead atoms. The van der Waals surface area contributed by atoms with Crippen LogP contribution in [-0.4, -0.2) is 5.27 Å². The SMILES string of the molecule is [O-]c1on[n+](-c2ccccc2)c1C1=CCCC1. The number of hydrogen-bond donors (Lipinski definition) is 0. The van der Waals surface area contributed by atoms with E-state index in [9.17, 15) is 5.11 Å². The van der Waals surface area contributed by atoms with E-state index in [0.29, 0.717) is 5.69 Å². The Morgan fingerprint density at radius 2 is 2.06 bits per heavy atom. The second kappa shape index (κ2) is 4.05. The van der Waals surface area contributed by atoms with Gasteiger partial charge in [-0.1, -0.05) is 24.3 Å². The summed E-state index contributed by atoms with van der Waals surface area (Å²) >= 11 is 0. The summed E-state index contributed by atoms with van der Waals surface area (Å²) in [5.41, 5.74) is 2.45. The largest absolute Gasteiger partial charge is 0.539 e. The number of hydrogen-bond acceptors (Lipinski definition) is 3. The van der Waals surface area contributed by atoms with Crippen LogP contribution in [0.2, 0.25) is 0 Å². The fourth-order valence-corrected chi connectivity index (χ4v) is 2.15. The molecule has 0 fully saturated rings. The average Bonchev–Trinajstić information content (AvgIpc) is 2.99. The summed E-state index contributed by atoms with van der Waals surface area (Å²) in [5.74, 6) is -0.359. The molecule has 0 saturated carbocycles. The molecule has 0 amide bonds. The number of aromatic nitrogens is 2. The van der Waals surface area contributed by atoms with E-state index < -0.39 is 0 Å². The highest BCUT2D eigenvalue weighted by atomic mass is 16.6. The molecule has 0 atom stereocenters. The van der Waals surface area contributed by atoms with Crippen LogP contribution in [0.15, 0.2) is 40.9 Å². The average molecular weight is 228 g/mol. The zero-order chi connectivity index (χ0) is 11.7. The van der Waals surface area contributed by atoms with Gasteiger partial charge in [0.2, 0.25) is 5.69 Å². The molecule has 1 aromatic carbocycles. The molecule has 1 aromatic heterocycles. The number of rotatable bonds is 2. The minimum atomic E-state index is -0.359. The number of para-hydroxylation sites is 1. The van der Waals surface area contributed by atoms with Crippen molar-refractivity contribution in [3.05, 3.63) is 42.1 Å². The Kier molecular flexibility index (Phi) is 2.40. The van der Waals surface area contributed by atoms with Gasteiger partial charge in [0.25, 0.3) is 5.69 Å². The summed E-state index contributed by atoms with van der Waals surface area (Å²) in [6.45, 7) is 0. The van der Waals surface area contributed by atoms with Crippen LogP contribution in [0.25, 0.3) is 11.3 Å². The third kappa shape index (κ3) is 1.71. The van der Waals surface area contributed by atoms with Crippen LogP contribution in [0.4, 0.5) is 0 Å². The zero-order valence-corrected chi connectivity index (χ0v) is 9.30. The smallest absolute Gasteiger partial charge is 0.266 e. The van der Waals surface area contributed by atoms with Crippen LogP contribution in [0.5, 0.6) is 5.95 Å². The van der Waals surface area contributed by atoms with Crippen molar-refractivity contribution in [2.75, 3.05) is 0 Å². The highest BCUT2D eigenvalue weighted by molar-refractivity contribution is 5.64. The fourth-order valence-electron chi connectivity index (χ4n) is 2.15. The lowest BCUT2D eigenvalue weighted by molar-refractivity contribution is -0.672. The first-order valence-electron chi connectivity index (χ1n) is 5.70. The van der Waals surface area contributed by atoms with Gasteiger partial charge in [-0.25, -0.2) is 0 Å². The van der Waals surface area contributed by atoms with Crippen LogP contribution < -0.4 is 9.79 Å². The molecule has 1 heterocycles. The molecule has 17 heavy (non-hydrogen) atoms. The third-order valence-corrected chi connectivity index (χ3v) is 2.96. The lowest BCUT2D eigenvalue weighted by Gasteiger charge is -1.98. The van der Waals surface area contributed by atoms with Gasteiger partial charge in [0.1, 0.15) is 0 Å². The van der Waals surface area contributed by atoms with E-state index in [4.69, 9.17) is 4.52 Å². The Hall–Kier alpha value is -2.10. The second-order valence-corrected chi connectivity index (χ2v) is 4.08. The molecular formula is C13H12N2O2. The first-order valence-corrected chi connectivity index (χ1v) is 5.70. The van der Waals surface area contributed by atoms with Crippen molar-refractivity contribution < 1.29 is 14.3 Å². The Bertz CT molecular complexity index is 558. The fraction of sp³-hybridized carbons (Fsp3) is 0.231. The van der Waals surface area contributed by atoms with Crippen molar-refractivity contribution in [1.82, 2.24) is 5.27 Å². The number of benzene rings is 1. The van der Waals surface area contributed by atoms with Gasteiger partial charge in [0.15, 0.2) is 5.95 Å². The Morgan fingerprint density at radius 3 is 2.76 bits per heavy atom. The van der Waals surface area contributed by atoms with E-state index in [1.165, 1.54) is 0 Å². The minimum absolute atomic E-state index is 0.359. The van der Waals surface area contributed by atoms with Gasteiger partial charge in [-0.05, 0) is 23.9 Å². The Balaban J connectivity index is 2.12. The van der Waals surface area contributed by atoms with Gasteiger partial charge >= 0.3 is 0 Å². The summed E-state index contributed by atoms with van der Waals surface area (Å²) in [6.07, 6.45) is 5.13. The second-order valence-electron chi connectivity index (χ2n) is 4.08. The molecule has 86 valence electrons. The van der Waals surface area contributed by atoms with Crippen LogP contribution >= 0.6 is 0 Å². The maximum Gasteiger partial charge on any atom is 0.266 e.